The van der Waals surface area contributed by atoms with Crippen molar-refractivity contribution in [2.24, 2.45) is 0 Å². The van der Waals surface area contributed by atoms with Gasteiger partial charge in [-0.1, -0.05) is 18.5 Å². The molecule has 0 radical (unpaired) electrons. The highest BCUT2D eigenvalue weighted by atomic mass is 35.5. The minimum absolute atomic E-state index is 0.00684. The molecule has 2 rings (SSSR count). The molecule has 0 amide bonds. The van der Waals surface area contributed by atoms with Crippen molar-refractivity contribution in [2.75, 3.05) is 6.61 Å². The Kier molecular flexibility index (Phi) is 5.73. The van der Waals surface area contributed by atoms with Crippen molar-refractivity contribution in [3.05, 3.63) is 57.1 Å². The monoisotopic (exact) mass is 375 g/mol. The van der Waals surface area contributed by atoms with E-state index in [0.717, 1.165) is 18.2 Å². The molecule has 0 N–H and O–H groups in total. The van der Waals surface area contributed by atoms with E-state index < -0.39 is 16.7 Å². The number of ether oxygens (including phenoxy) is 2. The molecule has 2 aromatic carbocycles. The number of rotatable bonds is 6. The van der Waals surface area contributed by atoms with Gasteiger partial charge in [0.1, 0.15) is 11.5 Å². The highest BCUT2D eigenvalue weighted by Crippen LogP contribution is 2.38. The van der Waals surface area contributed by atoms with Gasteiger partial charge in [-0.05, 0) is 30.7 Å². The van der Waals surface area contributed by atoms with Crippen LogP contribution < -0.4 is 9.47 Å². The standard InChI is InChI=1S/C16H13ClF3NO4/c1-2-7-24-15-9-11(4-5-13(15)21(22)23)25-14-6-3-10(8-12(14)17)16(18,19)20/h3-6,8-9H,2,7H2,1H3. The van der Waals surface area contributed by atoms with Crippen LogP contribution in [0, 0.1) is 10.1 Å². The van der Waals surface area contributed by atoms with Crippen LogP contribution >= 0.6 is 11.6 Å². The number of alkyl halides is 3. The number of nitro benzene ring substituents is 1. The average molecular weight is 376 g/mol. The lowest BCUT2D eigenvalue weighted by Crippen LogP contribution is -2.04. The summed E-state index contributed by atoms with van der Waals surface area (Å²) in [7, 11) is 0. The van der Waals surface area contributed by atoms with Gasteiger partial charge >= 0.3 is 11.9 Å². The second-order valence-electron chi connectivity index (χ2n) is 4.98. The van der Waals surface area contributed by atoms with Crippen LogP contribution in [0.5, 0.6) is 17.2 Å². The summed E-state index contributed by atoms with van der Waals surface area (Å²) in [5.74, 6) is 0.149. The maximum atomic E-state index is 12.6. The number of benzene rings is 2. The van der Waals surface area contributed by atoms with E-state index in [1.54, 1.807) is 0 Å². The fraction of sp³-hybridized carbons (Fsp3) is 0.250. The largest absolute Gasteiger partial charge is 0.487 e. The summed E-state index contributed by atoms with van der Waals surface area (Å²) in [6.07, 6.45) is -3.87. The van der Waals surface area contributed by atoms with E-state index in [-0.39, 0.29) is 34.6 Å². The lowest BCUT2D eigenvalue weighted by Gasteiger charge is -2.12. The van der Waals surface area contributed by atoms with Crippen molar-refractivity contribution in [3.8, 4) is 17.2 Å². The third-order valence-electron chi connectivity index (χ3n) is 3.08. The van der Waals surface area contributed by atoms with Gasteiger partial charge in [0.25, 0.3) is 0 Å². The summed E-state index contributed by atoms with van der Waals surface area (Å²) < 4.78 is 48.7. The molecule has 0 bridgehead atoms. The minimum Gasteiger partial charge on any atom is -0.487 e. The number of hydrogen-bond acceptors (Lipinski definition) is 4. The molecule has 0 spiro atoms. The smallest absolute Gasteiger partial charge is 0.416 e. The number of nitrogens with zero attached hydrogens (tertiary/aromatic N) is 1. The van der Waals surface area contributed by atoms with Crippen molar-refractivity contribution in [3.63, 3.8) is 0 Å². The molecule has 25 heavy (non-hydrogen) atoms. The summed E-state index contributed by atoms with van der Waals surface area (Å²) in [5.41, 5.74) is -1.14. The maximum Gasteiger partial charge on any atom is 0.416 e. The maximum absolute atomic E-state index is 12.6. The molecule has 0 atom stereocenters. The molecular formula is C16H13ClF3NO4. The quantitative estimate of drug-likeness (QED) is 0.469. The van der Waals surface area contributed by atoms with E-state index >= 15 is 0 Å². The number of nitro groups is 1. The molecule has 0 aliphatic heterocycles. The zero-order valence-corrected chi connectivity index (χ0v) is 13.7. The van der Waals surface area contributed by atoms with E-state index in [2.05, 4.69) is 0 Å². The normalized spacial score (nSPS) is 11.2. The Balaban J connectivity index is 2.29. The first-order valence-electron chi connectivity index (χ1n) is 7.18. The third-order valence-corrected chi connectivity index (χ3v) is 3.37. The summed E-state index contributed by atoms with van der Waals surface area (Å²) in [6.45, 7) is 2.11. The molecule has 2 aromatic rings. The van der Waals surface area contributed by atoms with Gasteiger partial charge in [0.15, 0.2) is 0 Å². The van der Waals surface area contributed by atoms with Crippen molar-refractivity contribution in [1.29, 1.82) is 0 Å². The second kappa shape index (κ2) is 7.60. The van der Waals surface area contributed by atoms with Gasteiger partial charge in [-0.15, -0.1) is 0 Å². The summed E-state index contributed by atoms with van der Waals surface area (Å²) in [4.78, 5) is 10.4. The molecule has 0 aliphatic carbocycles. The predicted molar refractivity (Wildman–Crippen MR) is 85.4 cm³/mol. The average Bonchev–Trinajstić information content (AvgIpc) is 2.53. The van der Waals surface area contributed by atoms with Crippen LogP contribution in [0.25, 0.3) is 0 Å². The van der Waals surface area contributed by atoms with Crippen LogP contribution in [0.3, 0.4) is 0 Å². The zero-order chi connectivity index (χ0) is 18.6. The summed E-state index contributed by atoms with van der Waals surface area (Å²) in [6, 6.07) is 6.46. The van der Waals surface area contributed by atoms with E-state index in [9.17, 15) is 23.3 Å². The van der Waals surface area contributed by atoms with Crippen LogP contribution in [-0.4, -0.2) is 11.5 Å². The van der Waals surface area contributed by atoms with Gasteiger partial charge in [0, 0.05) is 12.1 Å². The Morgan fingerprint density at radius 1 is 1.16 bits per heavy atom. The Labute approximate surface area is 146 Å². The zero-order valence-electron chi connectivity index (χ0n) is 13.0. The summed E-state index contributed by atoms with van der Waals surface area (Å²) in [5, 5.41) is 10.8. The first-order chi connectivity index (χ1) is 11.7. The van der Waals surface area contributed by atoms with E-state index in [1.165, 1.54) is 18.2 Å². The molecule has 0 aromatic heterocycles. The topological polar surface area (TPSA) is 61.6 Å². The first kappa shape index (κ1) is 18.9. The molecule has 0 fully saturated rings. The van der Waals surface area contributed by atoms with Gasteiger partial charge in [-0.25, -0.2) is 0 Å². The predicted octanol–water partition coefficient (Wildman–Crippen LogP) is 5.85. The molecule has 0 saturated carbocycles. The molecule has 134 valence electrons. The van der Waals surface area contributed by atoms with Gasteiger partial charge in [-0.2, -0.15) is 13.2 Å². The van der Waals surface area contributed by atoms with E-state index in [1.807, 2.05) is 6.92 Å². The van der Waals surface area contributed by atoms with Crippen molar-refractivity contribution in [2.45, 2.75) is 19.5 Å². The fourth-order valence-electron chi connectivity index (χ4n) is 1.92. The lowest BCUT2D eigenvalue weighted by atomic mass is 10.2. The molecule has 9 heteroatoms. The Morgan fingerprint density at radius 2 is 1.88 bits per heavy atom. The van der Waals surface area contributed by atoms with Crippen molar-refractivity contribution >= 4 is 17.3 Å². The number of hydrogen-bond donors (Lipinski definition) is 0. The van der Waals surface area contributed by atoms with Crippen LogP contribution in [0.15, 0.2) is 36.4 Å². The highest BCUT2D eigenvalue weighted by Gasteiger charge is 2.31. The lowest BCUT2D eigenvalue weighted by molar-refractivity contribution is -0.385. The number of halogens is 4. The van der Waals surface area contributed by atoms with Crippen LogP contribution in [-0.2, 0) is 6.18 Å². The second-order valence-corrected chi connectivity index (χ2v) is 5.39. The van der Waals surface area contributed by atoms with Gasteiger partial charge < -0.3 is 9.47 Å². The van der Waals surface area contributed by atoms with Crippen LogP contribution in [0.1, 0.15) is 18.9 Å². The molecule has 5 nitrogen and oxygen atoms in total. The SMILES string of the molecule is CCCOc1cc(Oc2ccc(C(F)(F)F)cc2Cl)ccc1[N+](=O)[O-]. The Hall–Kier alpha value is -2.48. The molecular weight excluding hydrogens is 363 g/mol. The fourth-order valence-corrected chi connectivity index (χ4v) is 2.14. The van der Waals surface area contributed by atoms with Crippen LogP contribution in [0.4, 0.5) is 18.9 Å². The first-order valence-corrected chi connectivity index (χ1v) is 7.56. The molecule has 0 unspecified atom stereocenters. The van der Waals surface area contributed by atoms with Gasteiger partial charge in [0.2, 0.25) is 5.75 Å². The molecule has 0 aliphatic rings. The van der Waals surface area contributed by atoms with Gasteiger partial charge in [-0.3, -0.25) is 10.1 Å². The van der Waals surface area contributed by atoms with E-state index in [4.69, 9.17) is 21.1 Å². The highest BCUT2D eigenvalue weighted by molar-refractivity contribution is 6.32. The van der Waals surface area contributed by atoms with E-state index in [0.29, 0.717) is 6.42 Å². The van der Waals surface area contributed by atoms with Gasteiger partial charge in [0.05, 0.1) is 22.1 Å². The van der Waals surface area contributed by atoms with Crippen LogP contribution in [0.2, 0.25) is 5.02 Å². The molecule has 0 heterocycles. The molecule has 0 saturated heterocycles. The minimum atomic E-state index is -4.52. The van der Waals surface area contributed by atoms with Crippen molar-refractivity contribution < 1.29 is 27.6 Å². The Bertz CT molecular complexity index is 780. The Morgan fingerprint density at radius 3 is 2.44 bits per heavy atom. The third kappa shape index (κ3) is 4.76. The summed E-state index contributed by atoms with van der Waals surface area (Å²) >= 11 is 5.83. The van der Waals surface area contributed by atoms with Crippen molar-refractivity contribution in [1.82, 2.24) is 0 Å².